The molecule has 2 amide bonds. The quantitative estimate of drug-likeness (QED) is 0.826. The van der Waals surface area contributed by atoms with E-state index in [-0.39, 0.29) is 31.0 Å². The van der Waals surface area contributed by atoms with Crippen molar-refractivity contribution in [2.24, 2.45) is 11.5 Å². The molecule has 7 heteroatoms. The highest BCUT2D eigenvalue weighted by atomic mass is 35.5. The van der Waals surface area contributed by atoms with E-state index in [0.29, 0.717) is 24.4 Å². The number of hydrogen-bond acceptors (Lipinski definition) is 4. The second-order valence-corrected chi connectivity index (χ2v) is 4.57. The van der Waals surface area contributed by atoms with E-state index in [2.05, 4.69) is 0 Å². The lowest BCUT2D eigenvalue weighted by molar-refractivity contribution is -0.132. The van der Waals surface area contributed by atoms with Gasteiger partial charge in [-0.05, 0) is 30.7 Å². The maximum atomic E-state index is 11.8. The molecule has 0 aromatic heterocycles. The van der Waals surface area contributed by atoms with Gasteiger partial charge < -0.3 is 21.1 Å². The highest BCUT2D eigenvalue weighted by Gasteiger charge is 2.23. The van der Waals surface area contributed by atoms with Gasteiger partial charge in [0.2, 0.25) is 5.91 Å². The highest BCUT2D eigenvalue weighted by molar-refractivity contribution is 5.92. The van der Waals surface area contributed by atoms with Crippen LogP contribution in [0, 0.1) is 0 Å². The molecule has 0 radical (unpaired) electrons. The van der Waals surface area contributed by atoms with Crippen LogP contribution in [0.2, 0.25) is 0 Å². The van der Waals surface area contributed by atoms with Crippen molar-refractivity contribution in [2.45, 2.75) is 12.5 Å². The summed E-state index contributed by atoms with van der Waals surface area (Å²) in [5, 5.41) is 0. The molecule has 1 atom stereocenters. The topological polar surface area (TPSA) is 98.7 Å². The predicted octanol–water partition coefficient (Wildman–Crippen LogP) is 0.146. The minimum absolute atomic E-state index is 0. The standard InChI is InChI=1S/C13H17N3O3.ClH/c14-10-5-6-16(7-10)12(17)8-19-11-3-1-9(2-4-11)13(15)18;/h1-4,10H,5-8,14H2,(H2,15,18);1H/t10-;/m1./s1. The number of hydrogen-bond donors (Lipinski definition) is 2. The number of primary amides is 1. The molecule has 1 aliphatic rings. The van der Waals surface area contributed by atoms with Gasteiger partial charge in [-0.3, -0.25) is 9.59 Å². The first-order valence-electron chi connectivity index (χ1n) is 6.12. The minimum Gasteiger partial charge on any atom is -0.484 e. The Morgan fingerprint density at radius 2 is 1.95 bits per heavy atom. The Morgan fingerprint density at radius 1 is 1.30 bits per heavy atom. The van der Waals surface area contributed by atoms with E-state index < -0.39 is 5.91 Å². The Labute approximate surface area is 123 Å². The molecule has 1 aromatic carbocycles. The lowest BCUT2D eigenvalue weighted by atomic mass is 10.2. The van der Waals surface area contributed by atoms with Crippen LogP contribution in [0.3, 0.4) is 0 Å². The van der Waals surface area contributed by atoms with Crippen LogP contribution in [0.25, 0.3) is 0 Å². The fourth-order valence-corrected chi connectivity index (χ4v) is 1.97. The van der Waals surface area contributed by atoms with Gasteiger partial charge in [0, 0.05) is 24.7 Å². The first-order valence-corrected chi connectivity index (χ1v) is 6.12. The van der Waals surface area contributed by atoms with Crippen molar-refractivity contribution in [3.63, 3.8) is 0 Å². The zero-order valence-corrected chi connectivity index (χ0v) is 11.8. The van der Waals surface area contributed by atoms with E-state index in [1.807, 2.05) is 0 Å². The lowest BCUT2D eigenvalue weighted by Crippen LogP contribution is -2.35. The van der Waals surface area contributed by atoms with Crippen molar-refractivity contribution in [1.82, 2.24) is 4.90 Å². The van der Waals surface area contributed by atoms with Gasteiger partial charge in [-0.1, -0.05) is 0 Å². The fourth-order valence-electron chi connectivity index (χ4n) is 1.97. The van der Waals surface area contributed by atoms with Crippen LogP contribution in [0.15, 0.2) is 24.3 Å². The molecular weight excluding hydrogens is 282 g/mol. The normalized spacial score (nSPS) is 17.4. The van der Waals surface area contributed by atoms with Gasteiger partial charge in [-0.25, -0.2) is 0 Å². The van der Waals surface area contributed by atoms with Crippen molar-refractivity contribution >= 4 is 24.2 Å². The van der Waals surface area contributed by atoms with Crippen LogP contribution >= 0.6 is 12.4 Å². The first-order chi connectivity index (χ1) is 9.06. The van der Waals surface area contributed by atoms with Crippen molar-refractivity contribution in [1.29, 1.82) is 0 Å². The summed E-state index contributed by atoms with van der Waals surface area (Å²) in [5.74, 6) is -0.0394. The third kappa shape index (κ3) is 4.11. The van der Waals surface area contributed by atoms with Crippen molar-refractivity contribution < 1.29 is 14.3 Å². The lowest BCUT2D eigenvalue weighted by Gasteiger charge is -2.16. The maximum absolute atomic E-state index is 11.8. The van der Waals surface area contributed by atoms with Crippen LogP contribution in [0.1, 0.15) is 16.8 Å². The molecule has 0 aliphatic carbocycles. The molecule has 0 bridgehead atoms. The van der Waals surface area contributed by atoms with E-state index >= 15 is 0 Å². The van der Waals surface area contributed by atoms with Gasteiger partial charge in [-0.15, -0.1) is 12.4 Å². The van der Waals surface area contributed by atoms with E-state index in [1.165, 1.54) is 0 Å². The van der Waals surface area contributed by atoms with Crippen molar-refractivity contribution in [3.8, 4) is 5.75 Å². The molecule has 0 spiro atoms. The second-order valence-electron chi connectivity index (χ2n) is 4.57. The second kappa shape index (κ2) is 7.12. The van der Waals surface area contributed by atoms with Crippen molar-refractivity contribution in [3.05, 3.63) is 29.8 Å². The molecule has 4 N–H and O–H groups in total. The number of nitrogens with two attached hydrogens (primary N) is 2. The largest absolute Gasteiger partial charge is 0.484 e. The number of likely N-dealkylation sites (tertiary alicyclic amines) is 1. The Balaban J connectivity index is 0.00000200. The molecule has 1 heterocycles. The molecule has 0 unspecified atom stereocenters. The average Bonchev–Trinajstić information content (AvgIpc) is 2.83. The fraction of sp³-hybridized carbons (Fsp3) is 0.385. The molecule has 1 aromatic rings. The van der Waals surface area contributed by atoms with Gasteiger partial charge in [0.25, 0.3) is 5.91 Å². The zero-order chi connectivity index (χ0) is 13.8. The Kier molecular flexibility index (Phi) is 5.79. The summed E-state index contributed by atoms with van der Waals surface area (Å²) in [7, 11) is 0. The minimum atomic E-state index is -0.492. The summed E-state index contributed by atoms with van der Waals surface area (Å²) >= 11 is 0. The molecule has 0 saturated carbocycles. The van der Waals surface area contributed by atoms with Crippen LogP contribution in [-0.4, -0.2) is 42.5 Å². The first kappa shape index (κ1) is 16.3. The van der Waals surface area contributed by atoms with Gasteiger partial charge >= 0.3 is 0 Å². The molecule has 1 fully saturated rings. The van der Waals surface area contributed by atoms with Gasteiger partial charge in [0.15, 0.2) is 6.61 Å². The van der Waals surface area contributed by atoms with Crippen LogP contribution in [-0.2, 0) is 4.79 Å². The molecule has 6 nitrogen and oxygen atoms in total. The Bertz CT molecular complexity index is 478. The molecular formula is C13H18ClN3O3. The summed E-state index contributed by atoms with van der Waals surface area (Å²) in [6.45, 7) is 1.25. The number of halogens is 1. The SMILES string of the molecule is Cl.NC(=O)c1ccc(OCC(=O)N2CC[C@@H](N)C2)cc1. The molecule has 2 rings (SSSR count). The maximum Gasteiger partial charge on any atom is 0.260 e. The average molecular weight is 300 g/mol. The number of ether oxygens (including phenoxy) is 1. The van der Waals surface area contributed by atoms with Gasteiger partial charge in [-0.2, -0.15) is 0 Å². The van der Waals surface area contributed by atoms with Crippen LogP contribution < -0.4 is 16.2 Å². The summed E-state index contributed by atoms with van der Waals surface area (Å²) in [6, 6.07) is 6.42. The summed E-state index contributed by atoms with van der Waals surface area (Å²) < 4.78 is 5.37. The number of rotatable bonds is 4. The van der Waals surface area contributed by atoms with Gasteiger partial charge in [0.1, 0.15) is 5.75 Å². The molecule has 1 aliphatic heterocycles. The third-order valence-corrected chi connectivity index (χ3v) is 3.08. The van der Waals surface area contributed by atoms with Gasteiger partial charge in [0.05, 0.1) is 0 Å². The molecule has 110 valence electrons. The number of amides is 2. The smallest absolute Gasteiger partial charge is 0.260 e. The van der Waals surface area contributed by atoms with Crippen molar-refractivity contribution in [2.75, 3.05) is 19.7 Å². The summed E-state index contributed by atoms with van der Waals surface area (Å²) in [5.41, 5.74) is 11.3. The molecule has 20 heavy (non-hydrogen) atoms. The Morgan fingerprint density at radius 3 is 2.45 bits per heavy atom. The number of benzene rings is 1. The monoisotopic (exact) mass is 299 g/mol. The van der Waals surface area contributed by atoms with Crippen LogP contribution in [0.4, 0.5) is 0 Å². The molecule has 1 saturated heterocycles. The van der Waals surface area contributed by atoms with Crippen LogP contribution in [0.5, 0.6) is 5.75 Å². The number of nitrogens with zero attached hydrogens (tertiary/aromatic N) is 1. The van der Waals surface area contributed by atoms with E-state index in [0.717, 1.165) is 6.42 Å². The van der Waals surface area contributed by atoms with E-state index in [4.69, 9.17) is 16.2 Å². The van der Waals surface area contributed by atoms with E-state index in [9.17, 15) is 9.59 Å². The summed E-state index contributed by atoms with van der Waals surface area (Å²) in [6.07, 6.45) is 0.832. The summed E-state index contributed by atoms with van der Waals surface area (Å²) in [4.78, 5) is 24.4. The highest BCUT2D eigenvalue weighted by Crippen LogP contribution is 2.13. The third-order valence-electron chi connectivity index (χ3n) is 3.08. The predicted molar refractivity (Wildman–Crippen MR) is 76.9 cm³/mol. The Hall–Kier alpha value is -1.79. The number of carbonyl (C=O) groups is 2. The zero-order valence-electron chi connectivity index (χ0n) is 11.0. The number of carbonyl (C=O) groups excluding carboxylic acids is 2. The van der Waals surface area contributed by atoms with E-state index in [1.54, 1.807) is 29.2 Å².